The van der Waals surface area contributed by atoms with Crippen molar-refractivity contribution in [3.8, 4) is 0 Å². The van der Waals surface area contributed by atoms with E-state index in [4.69, 9.17) is 5.11 Å². The van der Waals surface area contributed by atoms with Gasteiger partial charge in [-0.25, -0.2) is 9.78 Å². The normalized spacial score (nSPS) is 11.8. The smallest absolute Gasteiger partial charge is 0.354 e. The molecule has 6 heteroatoms. The maximum absolute atomic E-state index is 12.2. The van der Waals surface area contributed by atoms with Crippen LogP contribution in [-0.2, 0) is 0 Å². The van der Waals surface area contributed by atoms with E-state index in [-0.39, 0.29) is 17.6 Å². The molecule has 0 bridgehead atoms. The third-order valence-corrected chi connectivity index (χ3v) is 3.83. The van der Waals surface area contributed by atoms with Crippen molar-refractivity contribution >= 4 is 23.2 Å². The van der Waals surface area contributed by atoms with E-state index in [0.29, 0.717) is 5.56 Å². The number of nitrogens with one attached hydrogen (secondary N) is 1. The molecule has 2 aromatic rings. The Morgan fingerprint density at radius 2 is 2.25 bits per heavy atom. The molecule has 5 nitrogen and oxygen atoms in total. The highest BCUT2D eigenvalue weighted by Crippen LogP contribution is 2.22. The summed E-state index contributed by atoms with van der Waals surface area (Å²) in [6.07, 6.45) is 2.09. The number of nitrogens with zero attached hydrogens (tertiary/aromatic N) is 1. The SMILES string of the molecule is CCC(NC(=O)c1ccnc(C(=O)O)c1)c1cccs1. The zero-order valence-corrected chi connectivity index (χ0v) is 11.7. The lowest BCUT2D eigenvalue weighted by molar-refractivity contribution is 0.0690. The molecule has 104 valence electrons. The van der Waals surface area contributed by atoms with Crippen molar-refractivity contribution in [3.05, 3.63) is 52.0 Å². The molecule has 20 heavy (non-hydrogen) atoms. The first-order valence-electron chi connectivity index (χ1n) is 6.15. The molecule has 2 N–H and O–H groups in total. The molecular weight excluding hydrogens is 276 g/mol. The Labute approximate surface area is 120 Å². The molecule has 1 amide bonds. The van der Waals surface area contributed by atoms with E-state index in [2.05, 4.69) is 10.3 Å². The molecule has 0 saturated carbocycles. The van der Waals surface area contributed by atoms with Crippen LogP contribution in [0.25, 0.3) is 0 Å². The van der Waals surface area contributed by atoms with Gasteiger partial charge < -0.3 is 10.4 Å². The number of aromatic nitrogens is 1. The number of hydrogen-bond acceptors (Lipinski definition) is 4. The van der Waals surface area contributed by atoms with Gasteiger partial charge in [0.15, 0.2) is 0 Å². The highest BCUT2D eigenvalue weighted by molar-refractivity contribution is 7.10. The summed E-state index contributed by atoms with van der Waals surface area (Å²) in [6.45, 7) is 1.99. The lowest BCUT2D eigenvalue weighted by Gasteiger charge is -2.15. The van der Waals surface area contributed by atoms with Gasteiger partial charge in [-0.15, -0.1) is 11.3 Å². The number of carbonyl (C=O) groups is 2. The first-order chi connectivity index (χ1) is 9.61. The van der Waals surface area contributed by atoms with Crippen molar-refractivity contribution in [3.63, 3.8) is 0 Å². The molecular formula is C14H14N2O3S. The molecule has 0 aliphatic rings. The van der Waals surface area contributed by atoms with Crippen LogP contribution in [0.3, 0.4) is 0 Å². The lowest BCUT2D eigenvalue weighted by atomic mass is 10.1. The number of amides is 1. The third kappa shape index (κ3) is 3.21. The van der Waals surface area contributed by atoms with Crippen LogP contribution >= 0.6 is 11.3 Å². The number of carboxylic acids is 1. The molecule has 0 fully saturated rings. The van der Waals surface area contributed by atoms with Gasteiger partial charge in [0, 0.05) is 16.6 Å². The zero-order chi connectivity index (χ0) is 14.5. The number of carboxylic acid groups (broad SMARTS) is 1. The maximum Gasteiger partial charge on any atom is 0.354 e. The maximum atomic E-state index is 12.2. The van der Waals surface area contributed by atoms with E-state index in [1.165, 1.54) is 18.3 Å². The minimum absolute atomic E-state index is 0.0658. The van der Waals surface area contributed by atoms with Gasteiger partial charge in [-0.2, -0.15) is 0 Å². The molecule has 1 atom stereocenters. The fourth-order valence-electron chi connectivity index (χ4n) is 1.79. The number of rotatable bonds is 5. The highest BCUT2D eigenvalue weighted by Gasteiger charge is 2.16. The Kier molecular flexibility index (Phi) is 4.47. The van der Waals surface area contributed by atoms with E-state index >= 15 is 0 Å². The number of carbonyl (C=O) groups excluding carboxylic acids is 1. The van der Waals surface area contributed by atoms with Crippen LogP contribution < -0.4 is 5.32 Å². The van der Waals surface area contributed by atoms with E-state index < -0.39 is 5.97 Å². The van der Waals surface area contributed by atoms with Crippen molar-refractivity contribution in [2.24, 2.45) is 0 Å². The molecule has 0 aliphatic carbocycles. The van der Waals surface area contributed by atoms with Gasteiger partial charge in [0.1, 0.15) is 5.69 Å². The van der Waals surface area contributed by atoms with Crippen LogP contribution in [0.1, 0.15) is 45.1 Å². The topological polar surface area (TPSA) is 79.3 Å². The largest absolute Gasteiger partial charge is 0.477 e. The summed E-state index contributed by atoms with van der Waals surface area (Å²) < 4.78 is 0. The first kappa shape index (κ1) is 14.2. The van der Waals surface area contributed by atoms with Crippen molar-refractivity contribution in [1.29, 1.82) is 0 Å². The predicted octanol–water partition coefficient (Wildman–Crippen LogP) is 2.72. The third-order valence-electron chi connectivity index (χ3n) is 2.84. The average Bonchev–Trinajstić information content (AvgIpc) is 2.98. The van der Waals surface area contributed by atoms with Gasteiger partial charge in [-0.05, 0) is 30.0 Å². The van der Waals surface area contributed by atoms with E-state index in [0.717, 1.165) is 11.3 Å². The summed E-state index contributed by atoms with van der Waals surface area (Å²) in [7, 11) is 0. The fraction of sp³-hybridized carbons (Fsp3) is 0.214. The molecule has 0 spiro atoms. The van der Waals surface area contributed by atoms with Crippen LogP contribution in [0.15, 0.2) is 35.8 Å². The lowest BCUT2D eigenvalue weighted by Crippen LogP contribution is -2.27. The van der Waals surface area contributed by atoms with Gasteiger partial charge in [0.25, 0.3) is 5.91 Å². The highest BCUT2D eigenvalue weighted by atomic mass is 32.1. The van der Waals surface area contributed by atoms with Crippen LogP contribution in [-0.4, -0.2) is 22.0 Å². The Hall–Kier alpha value is -2.21. The standard InChI is InChI=1S/C14H14N2O3S/c1-2-10(12-4-3-7-20-12)16-13(17)9-5-6-15-11(8-9)14(18)19/h3-8,10H,2H2,1H3,(H,16,17)(H,18,19). The van der Waals surface area contributed by atoms with E-state index in [1.54, 1.807) is 11.3 Å². The summed E-state index contributed by atoms with van der Waals surface area (Å²) in [5.74, 6) is -1.44. The molecule has 0 radical (unpaired) electrons. The monoisotopic (exact) mass is 290 g/mol. The van der Waals surface area contributed by atoms with Crippen LogP contribution in [0.5, 0.6) is 0 Å². The Balaban J connectivity index is 2.15. The number of pyridine rings is 1. The second-order valence-electron chi connectivity index (χ2n) is 4.18. The molecule has 0 aliphatic heterocycles. The minimum atomic E-state index is -1.15. The van der Waals surface area contributed by atoms with Crippen LogP contribution in [0.4, 0.5) is 0 Å². The van der Waals surface area contributed by atoms with Crippen LogP contribution in [0, 0.1) is 0 Å². The predicted molar refractivity (Wildman–Crippen MR) is 76.0 cm³/mol. The van der Waals surface area contributed by atoms with Gasteiger partial charge in [-0.3, -0.25) is 4.79 Å². The van der Waals surface area contributed by atoms with Gasteiger partial charge in [-0.1, -0.05) is 13.0 Å². The fourth-order valence-corrected chi connectivity index (χ4v) is 2.66. The zero-order valence-electron chi connectivity index (χ0n) is 10.9. The minimum Gasteiger partial charge on any atom is -0.477 e. The van der Waals surface area contributed by atoms with Crippen molar-refractivity contribution < 1.29 is 14.7 Å². The molecule has 0 aromatic carbocycles. The summed E-state index contributed by atoms with van der Waals surface area (Å²) in [5.41, 5.74) is 0.161. The molecule has 1 unspecified atom stereocenters. The molecule has 2 aromatic heterocycles. The van der Waals surface area contributed by atoms with E-state index in [9.17, 15) is 9.59 Å². The summed E-state index contributed by atoms with van der Waals surface area (Å²) in [5, 5.41) is 13.7. The second kappa shape index (κ2) is 6.29. The summed E-state index contributed by atoms with van der Waals surface area (Å²) >= 11 is 1.58. The Morgan fingerprint density at radius 1 is 1.45 bits per heavy atom. The molecule has 0 saturated heterocycles. The van der Waals surface area contributed by atoms with Gasteiger partial charge in [0.2, 0.25) is 0 Å². The Bertz CT molecular complexity index is 611. The van der Waals surface area contributed by atoms with Gasteiger partial charge >= 0.3 is 5.97 Å². The molecule has 2 rings (SSSR count). The number of hydrogen-bond donors (Lipinski definition) is 2. The Morgan fingerprint density at radius 3 is 2.85 bits per heavy atom. The van der Waals surface area contributed by atoms with Crippen molar-refractivity contribution in [1.82, 2.24) is 10.3 Å². The second-order valence-corrected chi connectivity index (χ2v) is 5.16. The van der Waals surface area contributed by atoms with E-state index in [1.807, 2.05) is 24.4 Å². The number of thiophene rings is 1. The van der Waals surface area contributed by atoms with Crippen LogP contribution in [0.2, 0.25) is 0 Å². The van der Waals surface area contributed by atoms with Crippen molar-refractivity contribution in [2.45, 2.75) is 19.4 Å². The molecule has 2 heterocycles. The first-order valence-corrected chi connectivity index (χ1v) is 7.03. The van der Waals surface area contributed by atoms with Crippen molar-refractivity contribution in [2.75, 3.05) is 0 Å². The summed E-state index contributed by atoms with van der Waals surface area (Å²) in [6, 6.07) is 6.61. The van der Waals surface area contributed by atoms with Gasteiger partial charge in [0.05, 0.1) is 6.04 Å². The summed E-state index contributed by atoms with van der Waals surface area (Å²) in [4.78, 5) is 27.8. The number of aromatic carboxylic acids is 1. The quantitative estimate of drug-likeness (QED) is 0.887. The average molecular weight is 290 g/mol.